The maximum atomic E-state index is 9.25. The summed E-state index contributed by atoms with van der Waals surface area (Å²) < 4.78 is 5.17. The van der Waals surface area contributed by atoms with Crippen molar-refractivity contribution in [3.63, 3.8) is 0 Å². The minimum absolute atomic E-state index is 0.0364. The van der Waals surface area contributed by atoms with E-state index in [1.807, 2.05) is 0 Å². The number of aliphatic hydroxyl groups is 1. The van der Waals surface area contributed by atoms with Crippen molar-refractivity contribution in [1.29, 1.82) is 0 Å². The Kier molecular flexibility index (Phi) is 4.00. The van der Waals surface area contributed by atoms with E-state index in [2.05, 4.69) is 5.32 Å². The fourth-order valence-corrected chi connectivity index (χ4v) is 2.57. The molecule has 1 aliphatic carbocycles. The average molecular weight is 213 g/mol. The monoisotopic (exact) mass is 213 g/mol. The Hall–Kier alpha value is -0.120. The lowest BCUT2D eigenvalue weighted by molar-refractivity contribution is -0.134. The molecule has 88 valence electrons. The van der Waals surface area contributed by atoms with Gasteiger partial charge in [-0.3, -0.25) is 0 Å². The molecule has 0 aromatic rings. The summed E-state index contributed by atoms with van der Waals surface area (Å²) in [5.74, 6) is 0.871. The molecule has 0 unspecified atom stereocenters. The fourth-order valence-electron chi connectivity index (χ4n) is 2.57. The van der Waals surface area contributed by atoms with E-state index < -0.39 is 0 Å². The van der Waals surface area contributed by atoms with Gasteiger partial charge in [-0.15, -0.1) is 0 Å². The second kappa shape index (κ2) is 5.28. The molecule has 1 saturated heterocycles. The SMILES string of the molecule is OCC1(CNCC2CCCCC2)COC1. The minimum atomic E-state index is 0.0364. The van der Waals surface area contributed by atoms with Crippen LogP contribution in [0.1, 0.15) is 32.1 Å². The molecule has 1 aliphatic heterocycles. The molecule has 2 rings (SSSR count). The molecule has 0 aromatic carbocycles. The number of aliphatic hydroxyl groups excluding tert-OH is 1. The molecule has 2 fully saturated rings. The van der Waals surface area contributed by atoms with Crippen molar-refractivity contribution in [3.05, 3.63) is 0 Å². The van der Waals surface area contributed by atoms with Gasteiger partial charge in [-0.25, -0.2) is 0 Å². The molecule has 3 heteroatoms. The molecule has 1 heterocycles. The first-order chi connectivity index (χ1) is 7.35. The van der Waals surface area contributed by atoms with Crippen LogP contribution < -0.4 is 5.32 Å². The minimum Gasteiger partial charge on any atom is -0.396 e. The molecule has 0 aromatic heterocycles. The maximum absolute atomic E-state index is 9.25. The summed E-state index contributed by atoms with van der Waals surface area (Å²) in [7, 11) is 0. The van der Waals surface area contributed by atoms with Crippen LogP contribution in [0.4, 0.5) is 0 Å². The van der Waals surface area contributed by atoms with E-state index in [1.165, 1.54) is 32.1 Å². The van der Waals surface area contributed by atoms with Crippen molar-refractivity contribution < 1.29 is 9.84 Å². The summed E-state index contributed by atoms with van der Waals surface area (Å²) in [5.41, 5.74) is 0.0364. The zero-order valence-corrected chi connectivity index (χ0v) is 9.50. The van der Waals surface area contributed by atoms with Crippen LogP contribution in [0.15, 0.2) is 0 Å². The van der Waals surface area contributed by atoms with Crippen LogP contribution in [0.3, 0.4) is 0 Å². The van der Waals surface area contributed by atoms with E-state index in [4.69, 9.17) is 4.74 Å². The Labute approximate surface area is 92.2 Å². The number of ether oxygens (including phenoxy) is 1. The van der Waals surface area contributed by atoms with Crippen molar-refractivity contribution in [2.24, 2.45) is 11.3 Å². The predicted octanol–water partition coefficient (Wildman–Crippen LogP) is 1.17. The van der Waals surface area contributed by atoms with Gasteiger partial charge in [0.05, 0.1) is 25.2 Å². The van der Waals surface area contributed by atoms with Gasteiger partial charge in [0.15, 0.2) is 0 Å². The molecule has 3 nitrogen and oxygen atoms in total. The third kappa shape index (κ3) is 2.92. The topological polar surface area (TPSA) is 41.5 Å². The molecule has 2 aliphatic rings. The van der Waals surface area contributed by atoms with E-state index in [9.17, 15) is 5.11 Å². The smallest absolute Gasteiger partial charge is 0.0579 e. The second-order valence-electron chi connectivity index (χ2n) is 5.29. The molecule has 0 spiro atoms. The highest BCUT2D eigenvalue weighted by Crippen LogP contribution is 2.26. The zero-order valence-electron chi connectivity index (χ0n) is 9.50. The molecule has 0 bridgehead atoms. The van der Waals surface area contributed by atoms with Gasteiger partial charge in [0.2, 0.25) is 0 Å². The lowest BCUT2D eigenvalue weighted by Gasteiger charge is -2.40. The van der Waals surface area contributed by atoms with Gasteiger partial charge >= 0.3 is 0 Å². The van der Waals surface area contributed by atoms with E-state index in [1.54, 1.807) is 0 Å². The Morgan fingerprint density at radius 1 is 1.20 bits per heavy atom. The molecular weight excluding hydrogens is 190 g/mol. The summed E-state index contributed by atoms with van der Waals surface area (Å²) in [6.45, 7) is 3.74. The Balaban J connectivity index is 1.61. The van der Waals surface area contributed by atoms with E-state index in [0.29, 0.717) is 0 Å². The third-order valence-electron chi connectivity index (χ3n) is 3.81. The lowest BCUT2D eigenvalue weighted by Crippen LogP contribution is -2.52. The molecule has 0 amide bonds. The largest absolute Gasteiger partial charge is 0.396 e. The van der Waals surface area contributed by atoms with Gasteiger partial charge < -0.3 is 15.2 Å². The summed E-state index contributed by atoms with van der Waals surface area (Å²) in [4.78, 5) is 0. The summed E-state index contributed by atoms with van der Waals surface area (Å²) in [5, 5.41) is 12.8. The standard InChI is InChI=1S/C12H23NO2/c14-8-12(9-15-10-12)7-13-6-11-4-2-1-3-5-11/h11,13-14H,1-10H2. The van der Waals surface area contributed by atoms with Crippen molar-refractivity contribution in [1.82, 2.24) is 5.32 Å². The number of rotatable bonds is 5. The normalized spacial score (nSPS) is 26.2. The highest BCUT2D eigenvalue weighted by atomic mass is 16.5. The first-order valence-electron chi connectivity index (χ1n) is 6.24. The number of hydrogen-bond donors (Lipinski definition) is 2. The molecule has 2 N–H and O–H groups in total. The van der Waals surface area contributed by atoms with Crippen LogP contribution in [0.5, 0.6) is 0 Å². The molecule has 0 radical (unpaired) electrons. The summed E-state index contributed by atoms with van der Waals surface area (Å²) in [6, 6.07) is 0. The quantitative estimate of drug-likeness (QED) is 0.720. The van der Waals surface area contributed by atoms with Crippen LogP contribution in [0.25, 0.3) is 0 Å². The van der Waals surface area contributed by atoms with Gasteiger partial charge in [0.25, 0.3) is 0 Å². The Morgan fingerprint density at radius 2 is 1.93 bits per heavy atom. The first-order valence-corrected chi connectivity index (χ1v) is 6.24. The van der Waals surface area contributed by atoms with Crippen LogP contribution in [0.2, 0.25) is 0 Å². The van der Waals surface area contributed by atoms with Crippen LogP contribution in [-0.4, -0.2) is 38.0 Å². The second-order valence-corrected chi connectivity index (χ2v) is 5.29. The third-order valence-corrected chi connectivity index (χ3v) is 3.81. The van der Waals surface area contributed by atoms with Crippen molar-refractivity contribution in [2.75, 3.05) is 32.9 Å². The van der Waals surface area contributed by atoms with E-state index in [-0.39, 0.29) is 12.0 Å². The Bertz CT molecular complexity index is 181. The highest BCUT2D eigenvalue weighted by molar-refractivity contribution is 4.87. The number of nitrogens with one attached hydrogen (secondary N) is 1. The lowest BCUT2D eigenvalue weighted by atomic mass is 9.86. The van der Waals surface area contributed by atoms with Crippen LogP contribution in [0, 0.1) is 11.3 Å². The predicted molar refractivity (Wildman–Crippen MR) is 59.8 cm³/mol. The summed E-state index contributed by atoms with van der Waals surface area (Å²) >= 11 is 0. The zero-order chi connectivity index (χ0) is 10.6. The Morgan fingerprint density at radius 3 is 2.47 bits per heavy atom. The highest BCUT2D eigenvalue weighted by Gasteiger charge is 2.37. The van der Waals surface area contributed by atoms with Crippen LogP contribution in [-0.2, 0) is 4.74 Å². The molecular formula is C12H23NO2. The molecule has 15 heavy (non-hydrogen) atoms. The van der Waals surface area contributed by atoms with Crippen molar-refractivity contribution >= 4 is 0 Å². The van der Waals surface area contributed by atoms with Crippen molar-refractivity contribution in [2.45, 2.75) is 32.1 Å². The summed E-state index contributed by atoms with van der Waals surface area (Å²) in [6.07, 6.45) is 7.00. The molecule has 0 atom stereocenters. The van der Waals surface area contributed by atoms with Gasteiger partial charge in [0, 0.05) is 6.54 Å². The fraction of sp³-hybridized carbons (Fsp3) is 1.00. The van der Waals surface area contributed by atoms with Crippen LogP contribution >= 0.6 is 0 Å². The number of hydrogen-bond acceptors (Lipinski definition) is 3. The van der Waals surface area contributed by atoms with Gasteiger partial charge in [0.1, 0.15) is 0 Å². The van der Waals surface area contributed by atoms with E-state index >= 15 is 0 Å². The van der Waals surface area contributed by atoms with Gasteiger partial charge in [-0.2, -0.15) is 0 Å². The van der Waals surface area contributed by atoms with E-state index in [0.717, 1.165) is 32.2 Å². The maximum Gasteiger partial charge on any atom is 0.0579 e. The first kappa shape index (κ1) is 11.4. The average Bonchev–Trinajstić information content (AvgIpc) is 2.24. The van der Waals surface area contributed by atoms with Gasteiger partial charge in [-0.05, 0) is 25.3 Å². The van der Waals surface area contributed by atoms with Gasteiger partial charge in [-0.1, -0.05) is 19.3 Å². The molecule has 1 saturated carbocycles. The van der Waals surface area contributed by atoms with Crippen molar-refractivity contribution in [3.8, 4) is 0 Å².